The first-order valence-electron chi connectivity index (χ1n) is 12.2. The van der Waals surface area contributed by atoms with E-state index < -0.39 is 10.0 Å². The number of thiazole rings is 1. The van der Waals surface area contributed by atoms with E-state index in [-0.39, 0.29) is 42.5 Å². The number of aromatic nitrogens is 1. The van der Waals surface area contributed by atoms with Crippen LogP contribution in [0.3, 0.4) is 0 Å². The maximum Gasteiger partial charge on any atom is 0.243 e. The zero-order chi connectivity index (χ0) is 26.0. The zero-order valence-corrected chi connectivity index (χ0v) is 22.3. The average molecular weight is 544 g/mol. The Bertz CT molecular complexity index is 1380. The molecule has 5 rings (SSSR count). The molecule has 0 saturated carbocycles. The number of hydrogen-bond donors (Lipinski definition) is 1. The average Bonchev–Trinajstić information content (AvgIpc) is 3.24. The van der Waals surface area contributed by atoms with E-state index in [1.165, 1.54) is 27.8 Å². The van der Waals surface area contributed by atoms with Gasteiger partial charge in [0.15, 0.2) is 22.4 Å². The normalized spacial score (nSPS) is 20.3. The molecule has 2 aliphatic heterocycles. The number of rotatable bonds is 7. The SMILES string of the molecule is CC1CN(S(=O)(=O)c2cccc(C(=O)CNc3nc(-c4ccc5c(c4)OCCCO5)cs3)c2)CC(C)O1. The highest BCUT2D eigenvalue weighted by Gasteiger charge is 2.32. The summed E-state index contributed by atoms with van der Waals surface area (Å²) >= 11 is 1.39. The van der Waals surface area contributed by atoms with Gasteiger partial charge < -0.3 is 19.5 Å². The Balaban J connectivity index is 1.25. The van der Waals surface area contributed by atoms with Crippen LogP contribution in [0.25, 0.3) is 11.3 Å². The summed E-state index contributed by atoms with van der Waals surface area (Å²) in [6.07, 6.45) is 0.452. The number of benzene rings is 2. The second kappa shape index (κ2) is 10.8. The molecule has 3 heterocycles. The molecule has 11 heteroatoms. The van der Waals surface area contributed by atoms with Crippen molar-refractivity contribution in [3.8, 4) is 22.8 Å². The molecule has 0 aliphatic carbocycles. The molecular formula is C26H29N3O6S2. The Kier molecular flexibility index (Phi) is 7.47. The summed E-state index contributed by atoms with van der Waals surface area (Å²) in [5, 5.41) is 5.56. The second-order valence-electron chi connectivity index (χ2n) is 9.13. The van der Waals surface area contributed by atoms with Crippen LogP contribution in [-0.2, 0) is 14.8 Å². The summed E-state index contributed by atoms with van der Waals surface area (Å²) in [7, 11) is -3.74. The number of nitrogens with zero attached hydrogens (tertiary/aromatic N) is 2. The van der Waals surface area contributed by atoms with Crippen molar-refractivity contribution < 1.29 is 27.4 Å². The molecule has 2 aromatic carbocycles. The van der Waals surface area contributed by atoms with E-state index in [9.17, 15) is 13.2 Å². The molecule has 2 unspecified atom stereocenters. The molecule has 0 amide bonds. The van der Waals surface area contributed by atoms with Crippen molar-refractivity contribution in [1.29, 1.82) is 0 Å². The van der Waals surface area contributed by atoms with Crippen LogP contribution in [0.4, 0.5) is 5.13 Å². The summed E-state index contributed by atoms with van der Waals surface area (Å²) in [4.78, 5) is 17.6. The summed E-state index contributed by atoms with van der Waals surface area (Å²) in [6.45, 7) is 5.49. The van der Waals surface area contributed by atoms with Crippen LogP contribution in [0, 0.1) is 0 Å². The monoisotopic (exact) mass is 543 g/mol. The minimum absolute atomic E-state index is 0.0107. The predicted octanol–water partition coefficient (Wildman–Crippen LogP) is 4.06. The quantitative estimate of drug-likeness (QED) is 0.445. The van der Waals surface area contributed by atoms with Crippen molar-refractivity contribution in [2.75, 3.05) is 38.2 Å². The Hall–Kier alpha value is -2.99. The van der Waals surface area contributed by atoms with Crippen LogP contribution in [0.1, 0.15) is 30.6 Å². The fraction of sp³-hybridized carbons (Fsp3) is 0.385. The van der Waals surface area contributed by atoms with E-state index in [0.717, 1.165) is 23.4 Å². The van der Waals surface area contributed by atoms with Crippen LogP contribution in [-0.4, -0.2) is 68.5 Å². The van der Waals surface area contributed by atoms with E-state index in [2.05, 4.69) is 10.3 Å². The van der Waals surface area contributed by atoms with E-state index in [4.69, 9.17) is 14.2 Å². The fourth-order valence-electron chi connectivity index (χ4n) is 4.37. The van der Waals surface area contributed by atoms with E-state index in [1.54, 1.807) is 12.1 Å². The van der Waals surface area contributed by atoms with Gasteiger partial charge in [-0.1, -0.05) is 12.1 Å². The molecular weight excluding hydrogens is 514 g/mol. The highest BCUT2D eigenvalue weighted by Crippen LogP contribution is 2.35. The molecule has 1 aromatic heterocycles. The minimum atomic E-state index is -3.74. The van der Waals surface area contributed by atoms with Crippen LogP contribution in [0.15, 0.2) is 52.7 Å². The maximum absolute atomic E-state index is 13.2. The number of sulfonamides is 1. The molecule has 37 heavy (non-hydrogen) atoms. The van der Waals surface area contributed by atoms with E-state index >= 15 is 0 Å². The zero-order valence-electron chi connectivity index (χ0n) is 20.7. The molecule has 2 aliphatic rings. The Morgan fingerprint density at radius 1 is 1.08 bits per heavy atom. The third-order valence-corrected chi connectivity index (χ3v) is 8.76. The number of morpholine rings is 1. The van der Waals surface area contributed by atoms with Gasteiger partial charge in [-0.2, -0.15) is 4.31 Å². The van der Waals surface area contributed by atoms with Crippen molar-refractivity contribution >= 4 is 32.3 Å². The summed E-state index contributed by atoms with van der Waals surface area (Å²) in [5.74, 6) is 1.19. The van der Waals surface area contributed by atoms with Crippen molar-refractivity contribution in [1.82, 2.24) is 9.29 Å². The molecule has 3 aromatic rings. The second-order valence-corrected chi connectivity index (χ2v) is 11.9. The molecule has 196 valence electrons. The number of carbonyl (C=O) groups is 1. The Labute approximate surface area is 220 Å². The van der Waals surface area contributed by atoms with E-state index in [0.29, 0.717) is 29.7 Å². The number of carbonyl (C=O) groups excluding carboxylic acids is 1. The molecule has 9 nitrogen and oxygen atoms in total. The van der Waals surface area contributed by atoms with Crippen molar-refractivity contribution in [2.24, 2.45) is 0 Å². The molecule has 1 fully saturated rings. The molecule has 1 saturated heterocycles. The van der Waals surface area contributed by atoms with Crippen molar-refractivity contribution in [2.45, 2.75) is 37.4 Å². The van der Waals surface area contributed by atoms with Gasteiger partial charge in [0.05, 0.1) is 42.6 Å². The number of fused-ring (bicyclic) bond motifs is 1. The molecule has 0 spiro atoms. The third-order valence-electron chi connectivity index (χ3n) is 6.13. The lowest BCUT2D eigenvalue weighted by atomic mass is 10.1. The van der Waals surface area contributed by atoms with Crippen LogP contribution >= 0.6 is 11.3 Å². The lowest BCUT2D eigenvalue weighted by Crippen LogP contribution is -2.48. The molecule has 0 radical (unpaired) electrons. The number of hydrogen-bond acceptors (Lipinski definition) is 9. The standard InChI is InChI=1S/C26H29N3O6S2/c1-17-14-29(15-18(2)35-17)37(31,32)21-6-3-5-20(11-21)23(30)13-27-26-28-22(16-36-26)19-7-8-24-25(12-19)34-10-4-9-33-24/h3,5-8,11-12,16-18H,4,9-10,13-15H2,1-2H3,(H,27,28). The smallest absolute Gasteiger partial charge is 0.243 e. The van der Waals surface area contributed by atoms with Crippen molar-refractivity contribution in [3.05, 3.63) is 53.4 Å². The molecule has 2 atom stereocenters. The Morgan fingerprint density at radius 2 is 1.84 bits per heavy atom. The van der Waals surface area contributed by atoms with Crippen LogP contribution in [0.2, 0.25) is 0 Å². The van der Waals surface area contributed by atoms with Crippen LogP contribution < -0.4 is 14.8 Å². The van der Waals surface area contributed by atoms with Crippen molar-refractivity contribution in [3.63, 3.8) is 0 Å². The topological polar surface area (TPSA) is 107 Å². The number of ether oxygens (including phenoxy) is 3. The summed E-state index contributed by atoms with van der Waals surface area (Å²) in [6, 6.07) is 11.9. The van der Waals surface area contributed by atoms with Gasteiger partial charge in [-0.3, -0.25) is 4.79 Å². The van der Waals surface area contributed by atoms with Gasteiger partial charge in [0.1, 0.15) is 0 Å². The maximum atomic E-state index is 13.2. The predicted molar refractivity (Wildman–Crippen MR) is 141 cm³/mol. The lowest BCUT2D eigenvalue weighted by Gasteiger charge is -2.34. The summed E-state index contributed by atoms with van der Waals surface area (Å²) < 4.78 is 44.9. The number of nitrogens with one attached hydrogen (secondary N) is 1. The summed E-state index contributed by atoms with van der Waals surface area (Å²) in [5.41, 5.74) is 1.98. The number of ketones is 1. The van der Waals surface area contributed by atoms with Gasteiger partial charge in [0, 0.05) is 36.0 Å². The first-order valence-corrected chi connectivity index (χ1v) is 14.5. The highest BCUT2D eigenvalue weighted by atomic mass is 32.2. The fourth-order valence-corrected chi connectivity index (χ4v) is 6.73. The van der Waals surface area contributed by atoms with Gasteiger partial charge in [0.25, 0.3) is 0 Å². The largest absolute Gasteiger partial charge is 0.490 e. The van der Waals surface area contributed by atoms with Crippen LogP contribution in [0.5, 0.6) is 11.5 Å². The first-order chi connectivity index (χ1) is 17.8. The lowest BCUT2D eigenvalue weighted by molar-refractivity contribution is -0.0440. The van der Waals surface area contributed by atoms with Gasteiger partial charge in [-0.25, -0.2) is 13.4 Å². The Morgan fingerprint density at radius 3 is 2.62 bits per heavy atom. The first kappa shape index (κ1) is 25.7. The van der Waals surface area contributed by atoms with Gasteiger partial charge in [0.2, 0.25) is 10.0 Å². The van der Waals surface area contributed by atoms with E-state index in [1.807, 2.05) is 37.4 Å². The number of anilines is 1. The number of Topliss-reactive ketones (excluding diaryl/α,β-unsaturated/α-hetero) is 1. The van der Waals surface area contributed by atoms with Gasteiger partial charge >= 0.3 is 0 Å². The van der Waals surface area contributed by atoms with Gasteiger partial charge in [-0.15, -0.1) is 11.3 Å². The highest BCUT2D eigenvalue weighted by molar-refractivity contribution is 7.89. The molecule has 1 N–H and O–H groups in total. The minimum Gasteiger partial charge on any atom is -0.490 e. The van der Waals surface area contributed by atoms with Gasteiger partial charge in [-0.05, 0) is 44.2 Å². The third kappa shape index (κ3) is 5.80. The molecule has 0 bridgehead atoms.